The third-order valence-electron chi connectivity index (χ3n) is 7.26. The molecule has 6 nitrogen and oxygen atoms in total. The van der Waals surface area contributed by atoms with Crippen molar-refractivity contribution in [1.82, 2.24) is 9.71 Å². The van der Waals surface area contributed by atoms with Crippen LogP contribution in [0.1, 0.15) is 76.0 Å². The summed E-state index contributed by atoms with van der Waals surface area (Å²) in [6.07, 6.45) is 8.83. The molecule has 0 amide bonds. The molecule has 2 saturated carbocycles. The van der Waals surface area contributed by atoms with Crippen LogP contribution < -0.4 is 10.0 Å². The van der Waals surface area contributed by atoms with E-state index in [1.54, 1.807) is 17.4 Å². The largest absolute Gasteiger partial charge is 0.393 e. The summed E-state index contributed by atoms with van der Waals surface area (Å²) in [4.78, 5) is 6.08. The van der Waals surface area contributed by atoms with Crippen LogP contribution in [0.25, 0.3) is 10.4 Å². The molecular formula is C25H37N3O3S2. The van der Waals surface area contributed by atoms with Crippen molar-refractivity contribution in [2.75, 3.05) is 5.32 Å². The summed E-state index contributed by atoms with van der Waals surface area (Å²) in [5, 5.41) is 14.2. The number of anilines is 1. The van der Waals surface area contributed by atoms with Gasteiger partial charge >= 0.3 is 0 Å². The predicted molar refractivity (Wildman–Crippen MR) is 135 cm³/mol. The molecule has 0 bridgehead atoms. The Kier molecular flexibility index (Phi) is 7.78. The monoisotopic (exact) mass is 491 g/mol. The van der Waals surface area contributed by atoms with Crippen molar-refractivity contribution in [2.45, 2.75) is 102 Å². The minimum atomic E-state index is -3.64. The first kappa shape index (κ1) is 24.6. The summed E-state index contributed by atoms with van der Waals surface area (Å²) in [5.41, 5.74) is 2.53. The van der Waals surface area contributed by atoms with E-state index in [0.29, 0.717) is 42.5 Å². The number of sulfonamides is 1. The van der Waals surface area contributed by atoms with Gasteiger partial charge in [0.1, 0.15) is 0 Å². The lowest BCUT2D eigenvalue weighted by Crippen LogP contribution is -2.38. The SMILES string of the molecule is Cc1ccc(-c2sc(N[C@@H](C)C3CCCCC3)nc2C)cc1S(=O)(=O)N[C@H]1CC[C@@H](O)CC1. The fourth-order valence-electron chi connectivity index (χ4n) is 5.18. The normalized spacial score (nSPS) is 23.4. The van der Waals surface area contributed by atoms with E-state index < -0.39 is 10.0 Å². The summed E-state index contributed by atoms with van der Waals surface area (Å²) < 4.78 is 29.3. The van der Waals surface area contributed by atoms with Crippen LogP contribution in [0.3, 0.4) is 0 Å². The Bertz CT molecular complexity index is 1050. The number of benzene rings is 1. The molecule has 33 heavy (non-hydrogen) atoms. The number of aryl methyl sites for hydroxylation is 2. The Hall–Kier alpha value is -1.48. The molecule has 0 unspecified atom stereocenters. The van der Waals surface area contributed by atoms with E-state index in [9.17, 15) is 13.5 Å². The van der Waals surface area contributed by atoms with Crippen LogP contribution in [0.15, 0.2) is 23.1 Å². The molecule has 2 aliphatic carbocycles. The van der Waals surface area contributed by atoms with Gasteiger partial charge in [0.25, 0.3) is 0 Å². The maximum absolute atomic E-state index is 13.2. The smallest absolute Gasteiger partial charge is 0.241 e. The van der Waals surface area contributed by atoms with Crippen LogP contribution in [0.4, 0.5) is 5.13 Å². The van der Waals surface area contributed by atoms with Gasteiger partial charge in [-0.1, -0.05) is 42.7 Å². The average molecular weight is 492 g/mol. The van der Waals surface area contributed by atoms with Crippen molar-refractivity contribution in [3.63, 3.8) is 0 Å². The van der Waals surface area contributed by atoms with Crippen LogP contribution in [0.2, 0.25) is 0 Å². The van der Waals surface area contributed by atoms with Crippen LogP contribution in [0, 0.1) is 19.8 Å². The highest BCUT2D eigenvalue weighted by molar-refractivity contribution is 7.89. The van der Waals surface area contributed by atoms with Gasteiger partial charge in [-0.3, -0.25) is 0 Å². The second kappa shape index (κ2) is 10.4. The maximum atomic E-state index is 13.2. The first-order valence-electron chi connectivity index (χ1n) is 12.3. The minimum Gasteiger partial charge on any atom is -0.393 e. The summed E-state index contributed by atoms with van der Waals surface area (Å²) in [6.45, 7) is 6.07. The van der Waals surface area contributed by atoms with Crippen molar-refractivity contribution in [3.05, 3.63) is 29.5 Å². The van der Waals surface area contributed by atoms with E-state index in [2.05, 4.69) is 17.0 Å². The molecule has 1 aromatic heterocycles. The van der Waals surface area contributed by atoms with E-state index in [1.165, 1.54) is 32.1 Å². The number of aliphatic hydroxyl groups is 1. The second-order valence-electron chi connectivity index (χ2n) is 9.87. The molecule has 4 rings (SSSR count). The molecule has 8 heteroatoms. The zero-order chi connectivity index (χ0) is 23.6. The molecule has 1 heterocycles. The van der Waals surface area contributed by atoms with E-state index in [0.717, 1.165) is 26.8 Å². The molecule has 1 atom stereocenters. The summed E-state index contributed by atoms with van der Waals surface area (Å²) in [5.74, 6) is 0.689. The Morgan fingerprint density at radius 3 is 2.45 bits per heavy atom. The third kappa shape index (κ3) is 5.96. The van der Waals surface area contributed by atoms with Gasteiger partial charge < -0.3 is 10.4 Å². The van der Waals surface area contributed by atoms with Gasteiger partial charge in [0.2, 0.25) is 10.0 Å². The van der Waals surface area contributed by atoms with Crippen LogP contribution in [0.5, 0.6) is 0 Å². The van der Waals surface area contributed by atoms with E-state index in [1.807, 2.05) is 26.0 Å². The average Bonchev–Trinajstić information content (AvgIpc) is 3.16. The van der Waals surface area contributed by atoms with Crippen molar-refractivity contribution in [1.29, 1.82) is 0 Å². The van der Waals surface area contributed by atoms with Gasteiger partial charge in [0, 0.05) is 12.1 Å². The molecule has 3 N–H and O–H groups in total. The molecule has 2 aromatic rings. The minimum absolute atomic E-state index is 0.122. The van der Waals surface area contributed by atoms with Crippen molar-refractivity contribution in [3.8, 4) is 10.4 Å². The molecular weight excluding hydrogens is 454 g/mol. The van der Waals surface area contributed by atoms with Crippen molar-refractivity contribution < 1.29 is 13.5 Å². The van der Waals surface area contributed by atoms with E-state index in [-0.39, 0.29) is 12.1 Å². The van der Waals surface area contributed by atoms with Crippen LogP contribution in [-0.4, -0.2) is 36.7 Å². The maximum Gasteiger partial charge on any atom is 0.241 e. The molecule has 2 fully saturated rings. The zero-order valence-electron chi connectivity index (χ0n) is 19.9. The number of hydrogen-bond donors (Lipinski definition) is 3. The number of nitrogens with zero attached hydrogens (tertiary/aromatic N) is 1. The lowest BCUT2D eigenvalue weighted by atomic mass is 9.85. The second-order valence-corrected chi connectivity index (χ2v) is 12.6. The van der Waals surface area contributed by atoms with Crippen LogP contribution >= 0.6 is 11.3 Å². The Morgan fingerprint density at radius 2 is 1.76 bits per heavy atom. The molecule has 1 aromatic carbocycles. The molecule has 182 valence electrons. The summed E-state index contributed by atoms with van der Waals surface area (Å²) in [7, 11) is -3.64. The fourth-order valence-corrected chi connectivity index (χ4v) is 7.81. The summed E-state index contributed by atoms with van der Waals surface area (Å²) in [6, 6.07) is 5.91. The highest BCUT2D eigenvalue weighted by Crippen LogP contribution is 2.36. The summed E-state index contributed by atoms with van der Waals surface area (Å²) >= 11 is 1.60. The highest BCUT2D eigenvalue weighted by Gasteiger charge is 2.27. The van der Waals surface area contributed by atoms with Gasteiger partial charge in [-0.15, -0.1) is 0 Å². The third-order valence-corrected chi connectivity index (χ3v) is 10.1. The lowest BCUT2D eigenvalue weighted by molar-refractivity contribution is 0.120. The number of aromatic nitrogens is 1. The quantitative estimate of drug-likeness (QED) is 0.483. The van der Waals surface area contributed by atoms with Crippen molar-refractivity contribution >= 4 is 26.5 Å². The van der Waals surface area contributed by atoms with Crippen LogP contribution in [-0.2, 0) is 10.0 Å². The number of thiazole rings is 1. The van der Waals surface area contributed by atoms with Gasteiger partial charge in [0.15, 0.2) is 5.13 Å². The Labute approximate surface area is 202 Å². The standard InChI is InChI=1S/C25H37N3O3S2/c1-16-9-10-20(15-23(16)33(30,31)28-21-11-13-22(29)14-12-21)24-18(3)27-25(32-24)26-17(2)19-7-5-4-6-8-19/h9-10,15,17,19,21-22,28-29H,4-8,11-14H2,1-3H3,(H,26,27)/t17-,21-,22+/m0/s1. The number of hydrogen-bond acceptors (Lipinski definition) is 6. The van der Waals surface area contributed by atoms with E-state index in [4.69, 9.17) is 4.98 Å². The first-order chi connectivity index (χ1) is 15.7. The fraction of sp³-hybridized carbons (Fsp3) is 0.640. The lowest BCUT2D eigenvalue weighted by Gasteiger charge is -2.28. The molecule has 0 aliphatic heterocycles. The van der Waals surface area contributed by atoms with E-state index >= 15 is 0 Å². The molecule has 0 radical (unpaired) electrons. The van der Waals surface area contributed by atoms with Gasteiger partial charge in [-0.05, 0) is 82.4 Å². The zero-order valence-corrected chi connectivity index (χ0v) is 21.6. The molecule has 0 saturated heterocycles. The van der Waals surface area contributed by atoms with Crippen molar-refractivity contribution in [2.24, 2.45) is 5.92 Å². The van der Waals surface area contributed by atoms with Gasteiger partial charge in [-0.25, -0.2) is 18.1 Å². The predicted octanol–water partition coefficient (Wildman–Crippen LogP) is 5.39. The topological polar surface area (TPSA) is 91.3 Å². The number of rotatable bonds is 7. The Balaban J connectivity index is 1.52. The highest BCUT2D eigenvalue weighted by atomic mass is 32.2. The Morgan fingerprint density at radius 1 is 1.06 bits per heavy atom. The number of aliphatic hydroxyl groups excluding tert-OH is 1. The number of nitrogens with one attached hydrogen (secondary N) is 2. The van der Waals surface area contributed by atoms with Gasteiger partial charge in [-0.2, -0.15) is 0 Å². The molecule has 0 spiro atoms. The van der Waals surface area contributed by atoms with Gasteiger partial charge in [0.05, 0.1) is 21.6 Å². The first-order valence-corrected chi connectivity index (χ1v) is 14.6. The molecule has 2 aliphatic rings.